The van der Waals surface area contributed by atoms with Crippen LogP contribution in [-0.4, -0.2) is 14.7 Å². The molecule has 0 bridgehead atoms. The van der Waals surface area contributed by atoms with Crippen molar-refractivity contribution in [1.82, 2.24) is 9.78 Å². The van der Waals surface area contributed by atoms with E-state index in [0.717, 1.165) is 18.4 Å². The lowest BCUT2D eigenvalue weighted by atomic mass is 10.3. The Bertz CT molecular complexity index is 543. The van der Waals surface area contributed by atoms with Gasteiger partial charge in [0.2, 0.25) is 5.82 Å². The molecule has 2 N–H and O–H groups in total. The normalized spacial score (nSPS) is 10.6. The number of furan rings is 1. The smallest absolute Gasteiger partial charge is 0.330 e. The summed E-state index contributed by atoms with van der Waals surface area (Å²) in [5, 5.41) is 14.4. The Morgan fingerprint density at radius 2 is 2.24 bits per heavy atom. The van der Waals surface area contributed by atoms with Crippen LogP contribution in [0.1, 0.15) is 18.4 Å². The average molecular weight is 236 g/mol. The molecule has 0 aliphatic heterocycles. The van der Waals surface area contributed by atoms with Crippen molar-refractivity contribution in [1.29, 1.82) is 0 Å². The molecule has 0 aliphatic carbocycles. The molecule has 2 heterocycles. The van der Waals surface area contributed by atoms with E-state index in [9.17, 15) is 10.1 Å². The third kappa shape index (κ3) is 2.12. The largest absolute Gasteiger partial charge is 0.464 e. The van der Waals surface area contributed by atoms with Crippen molar-refractivity contribution >= 4 is 11.5 Å². The monoisotopic (exact) mass is 236 g/mol. The maximum atomic E-state index is 10.6. The van der Waals surface area contributed by atoms with Crippen molar-refractivity contribution in [2.45, 2.75) is 19.9 Å². The van der Waals surface area contributed by atoms with Crippen LogP contribution in [0.5, 0.6) is 0 Å². The fraction of sp³-hybridized carbons (Fsp3) is 0.300. The van der Waals surface area contributed by atoms with E-state index in [1.54, 1.807) is 0 Å². The molecule has 2 aromatic heterocycles. The first-order valence-electron chi connectivity index (χ1n) is 5.15. The standard InChI is InChI=1S/C10H12N4O3/c1-2-7-3-4-8(17-7)6-13-10(11)9(5-12-13)14(15)16/h3-5H,2,6,11H2,1H3. The first kappa shape index (κ1) is 11.2. The molecule has 7 nitrogen and oxygen atoms in total. The summed E-state index contributed by atoms with van der Waals surface area (Å²) in [5.74, 6) is 1.57. The first-order chi connectivity index (χ1) is 8.11. The number of nitrogen functional groups attached to an aromatic ring is 1. The van der Waals surface area contributed by atoms with E-state index in [2.05, 4.69) is 5.10 Å². The zero-order chi connectivity index (χ0) is 12.4. The van der Waals surface area contributed by atoms with E-state index in [1.807, 2.05) is 19.1 Å². The minimum absolute atomic E-state index is 0.0319. The Kier molecular flexibility index (Phi) is 2.82. The van der Waals surface area contributed by atoms with Gasteiger partial charge in [0, 0.05) is 6.42 Å². The quantitative estimate of drug-likeness (QED) is 0.641. The predicted octanol–water partition coefficient (Wildman–Crippen LogP) is 1.58. The van der Waals surface area contributed by atoms with Crippen LogP contribution in [0.3, 0.4) is 0 Å². The maximum absolute atomic E-state index is 10.6. The molecule has 0 aliphatic rings. The SMILES string of the molecule is CCc1ccc(Cn2ncc([N+](=O)[O-])c2N)o1. The zero-order valence-electron chi connectivity index (χ0n) is 9.29. The molecule has 2 aromatic rings. The summed E-state index contributed by atoms with van der Waals surface area (Å²) in [4.78, 5) is 10.0. The topological polar surface area (TPSA) is 100 Å². The molecule has 7 heteroatoms. The highest BCUT2D eigenvalue weighted by molar-refractivity contribution is 5.51. The molecule has 0 saturated carbocycles. The predicted molar refractivity (Wildman–Crippen MR) is 60.5 cm³/mol. The van der Waals surface area contributed by atoms with Crippen molar-refractivity contribution in [3.63, 3.8) is 0 Å². The number of nitro groups is 1. The van der Waals surface area contributed by atoms with Gasteiger partial charge in [0.25, 0.3) is 0 Å². The van der Waals surface area contributed by atoms with E-state index in [-0.39, 0.29) is 11.5 Å². The van der Waals surface area contributed by atoms with Crippen molar-refractivity contribution in [3.8, 4) is 0 Å². The summed E-state index contributed by atoms with van der Waals surface area (Å²) in [6.07, 6.45) is 1.94. The van der Waals surface area contributed by atoms with E-state index >= 15 is 0 Å². The number of aryl methyl sites for hydroxylation is 1. The highest BCUT2D eigenvalue weighted by atomic mass is 16.6. The molecule has 0 radical (unpaired) electrons. The van der Waals surface area contributed by atoms with Gasteiger partial charge in [0.15, 0.2) is 0 Å². The first-order valence-corrected chi connectivity index (χ1v) is 5.15. The van der Waals surface area contributed by atoms with Gasteiger partial charge < -0.3 is 10.2 Å². The van der Waals surface area contributed by atoms with Crippen molar-refractivity contribution in [2.75, 3.05) is 5.73 Å². The average Bonchev–Trinajstić information content (AvgIpc) is 2.87. The third-order valence-electron chi connectivity index (χ3n) is 2.43. The van der Waals surface area contributed by atoms with Gasteiger partial charge in [-0.05, 0) is 12.1 Å². The molecule has 0 saturated heterocycles. The molecule has 0 amide bonds. The van der Waals surface area contributed by atoms with Crippen LogP contribution in [0.15, 0.2) is 22.7 Å². The molecular weight excluding hydrogens is 224 g/mol. The Morgan fingerprint density at radius 1 is 1.53 bits per heavy atom. The third-order valence-corrected chi connectivity index (χ3v) is 2.43. The molecule has 0 spiro atoms. The molecule has 17 heavy (non-hydrogen) atoms. The van der Waals surface area contributed by atoms with Crippen LogP contribution >= 0.6 is 0 Å². The summed E-state index contributed by atoms with van der Waals surface area (Å²) >= 11 is 0. The number of rotatable bonds is 4. The van der Waals surface area contributed by atoms with E-state index in [1.165, 1.54) is 4.68 Å². The van der Waals surface area contributed by atoms with Crippen LogP contribution < -0.4 is 5.73 Å². The second kappa shape index (κ2) is 4.28. The van der Waals surface area contributed by atoms with Crippen LogP contribution in [0, 0.1) is 10.1 Å². The van der Waals surface area contributed by atoms with Gasteiger partial charge in [0.05, 0.1) is 4.92 Å². The van der Waals surface area contributed by atoms with Crippen LogP contribution in [-0.2, 0) is 13.0 Å². The molecule has 0 unspecified atom stereocenters. The highest BCUT2D eigenvalue weighted by Crippen LogP contribution is 2.21. The molecule has 0 fully saturated rings. The Hall–Kier alpha value is -2.31. The van der Waals surface area contributed by atoms with Gasteiger partial charge in [-0.15, -0.1) is 0 Å². The van der Waals surface area contributed by atoms with Crippen LogP contribution in [0.4, 0.5) is 11.5 Å². The fourth-order valence-electron chi connectivity index (χ4n) is 1.50. The van der Waals surface area contributed by atoms with Crippen molar-refractivity contribution in [2.24, 2.45) is 0 Å². The summed E-state index contributed by atoms with van der Waals surface area (Å²) in [5.41, 5.74) is 5.42. The Morgan fingerprint density at radius 3 is 2.76 bits per heavy atom. The van der Waals surface area contributed by atoms with Crippen LogP contribution in [0.25, 0.3) is 0 Å². The Labute approximate surface area is 97.0 Å². The number of anilines is 1. The van der Waals surface area contributed by atoms with E-state index < -0.39 is 4.92 Å². The second-order valence-corrected chi connectivity index (χ2v) is 3.55. The molecular formula is C10H12N4O3. The van der Waals surface area contributed by atoms with Crippen LogP contribution in [0.2, 0.25) is 0 Å². The van der Waals surface area contributed by atoms with Crippen molar-refractivity contribution < 1.29 is 9.34 Å². The minimum Gasteiger partial charge on any atom is -0.464 e. The van der Waals surface area contributed by atoms with Gasteiger partial charge in [-0.25, -0.2) is 4.68 Å². The molecule has 0 atom stereocenters. The summed E-state index contributed by atoms with van der Waals surface area (Å²) in [7, 11) is 0. The second-order valence-electron chi connectivity index (χ2n) is 3.55. The minimum atomic E-state index is -0.557. The van der Waals surface area contributed by atoms with Gasteiger partial charge in [-0.1, -0.05) is 6.92 Å². The van der Waals surface area contributed by atoms with E-state index in [4.69, 9.17) is 10.2 Å². The van der Waals surface area contributed by atoms with E-state index in [0.29, 0.717) is 12.3 Å². The Balaban J connectivity index is 2.21. The number of hydrogen-bond donors (Lipinski definition) is 1. The van der Waals surface area contributed by atoms with Gasteiger partial charge in [0.1, 0.15) is 24.3 Å². The lowest BCUT2D eigenvalue weighted by Gasteiger charge is -2.00. The molecule has 0 aromatic carbocycles. The summed E-state index contributed by atoms with van der Waals surface area (Å²) < 4.78 is 6.82. The lowest BCUT2D eigenvalue weighted by Crippen LogP contribution is -2.06. The van der Waals surface area contributed by atoms with Gasteiger partial charge >= 0.3 is 5.69 Å². The van der Waals surface area contributed by atoms with Gasteiger partial charge in [-0.3, -0.25) is 10.1 Å². The summed E-state index contributed by atoms with van der Waals surface area (Å²) in [6, 6.07) is 3.68. The number of hydrogen-bond acceptors (Lipinski definition) is 5. The summed E-state index contributed by atoms with van der Waals surface area (Å²) in [6.45, 7) is 2.27. The highest BCUT2D eigenvalue weighted by Gasteiger charge is 2.18. The fourth-order valence-corrected chi connectivity index (χ4v) is 1.50. The number of aromatic nitrogens is 2. The zero-order valence-corrected chi connectivity index (χ0v) is 9.29. The number of nitrogens with two attached hydrogens (primary N) is 1. The molecule has 2 rings (SSSR count). The number of nitrogens with zero attached hydrogens (tertiary/aromatic N) is 3. The molecule has 90 valence electrons. The van der Waals surface area contributed by atoms with Crippen molar-refractivity contribution in [3.05, 3.63) is 40.0 Å². The van der Waals surface area contributed by atoms with Gasteiger partial charge in [-0.2, -0.15) is 5.10 Å². The lowest BCUT2D eigenvalue weighted by molar-refractivity contribution is -0.384. The maximum Gasteiger partial charge on any atom is 0.330 e.